The van der Waals surface area contributed by atoms with E-state index in [0.717, 1.165) is 10.0 Å². The van der Waals surface area contributed by atoms with E-state index in [1.54, 1.807) is 14.2 Å². The van der Waals surface area contributed by atoms with Crippen molar-refractivity contribution in [3.63, 3.8) is 0 Å². The molecule has 188 valence electrons. The van der Waals surface area contributed by atoms with Gasteiger partial charge in [-0.3, -0.25) is 4.79 Å². The van der Waals surface area contributed by atoms with Gasteiger partial charge in [-0.25, -0.2) is 0 Å². The van der Waals surface area contributed by atoms with Crippen LogP contribution in [0.1, 0.15) is 59.1 Å². The third-order valence-corrected chi connectivity index (χ3v) is 16.7. The van der Waals surface area contributed by atoms with E-state index in [9.17, 15) is 4.79 Å². The van der Waals surface area contributed by atoms with Gasteiger partial charge in [-0.05, 0) is 58.3 Å². The highest BCUT2D eigenvalue weighted by atomic mass is 79.9. The molecule has 0 amide bonds. The highest BCUT2D eigenvalue weighted by molar-refractivity contribution is 9.10. The third-order valence-electron chi connectivity index (χ3n) is 7.40. The Balaban J connectivity index is 2.59. The predicted octanol–water partition coefficient (Wildman–Crippen LogP) is 7.11. The summed E-state index contributed by atoms with van der Waals surface area (Å²) < 4.78 is 31.3. The summed E-state index contributed by atoms with van der Waals surface area (Å²) >= 11 is 3.68. The minimum absolute atomic E-state index is 0.0181. The van der Waals surface area contributed by atoms with E-state index in [2.05, 4.69) is 83.7 Å². The zero-order valence-electron chi connectivity index (χ0n) is 22.3. The maximum absolute atomic E-state index is 13.2. The van der Waals surface area contributed by atoms with Gasteiger partial charge < -0.3 is 23.1 Å². The second kappa shape index (κ2) is 9.29. The van der Waals surface area contributed by atoms with Crippen LogP contribution in [-0.4, -0.2) is 36.8 Å². The standard InChI is InChI=1S/C24H41BrO6Si2/c1-22(2,3)32(9,10)30-19(26)14-24(28-8)20-16(15-29-24)18(27-7)13-17(25)21(20)31-33(11,12)23(4,5)6/h13H,14-15H2,1-12H3/t24-/m0/s1. The monoisotopic (exact) mass is 560 g/mol. The molecular formula is C24H41BrO6Si2. The molecule has 0 N–H and O–H groups in total. The molecular weight excluding hydrogens is 520 g/mol. The highest BCUT2D eigenvalue weighted by Gasteiger charge is 2.51. The molecule has 0 unspecified atom stereocenters. The third kappa shape index (κ3) is 5.53. The molecule has 0 aromatic heterocycles. The number of carbonyl (C=O) groups is 1. The lowest BCUT2D eigenvalue weighted by molar-refractivity contribution is -0.229. The Morgan fingerprint density at radius 3 is 2.06 bits per heavy atom. The van der Waals surface area contributed by atoms with Crippen LogP contribution in [0.5, 0.6) is 11.5 Å². The van der Waals surface area contributed by atoms with Crippen molar-refractivity contribution in [1.82, 2.24) is 0 Å². The van der Waals surface area contributed by atoms with Crippen molar-refractivity contribution in [3.8, 4) is 11.5 Å². The number of hydrogen-bond acceptors (Lipinski definition) is 6. The number of rotatable bonds is 7. The summed E-state index contributed by atoms with van der Waals surface area (Å²) in [7, 11) is -1.34. The number of halogens is 1. The molecule has 0 saturated heterocycles. The average Bonchev–Trinajstić information content (AvgIpc) is 3.01. The Bertz CT molecular complexity index is 902. The Morgan fingerprint density at radius 2 is 1.61 bits per heavy atom. The van der Waals surface area contributed by atoms with Crippen LogP contribution in [0.2, 0.25) is 36.3 Å². The number of benzene rings is 1. The largest absolute Gasteiger partial charge is 0.542 e. The molecule has 0 saturated carbocycles. The Kier molecular flexibility index (Phi) is 7.99. The van der Waals surface area contributed by atoms with Crippen molar-refractivity contribution in [2.45, 2.75) is 96.6 Å². The average molecular weight is 562 g/mol. The van der Waals surface area contributed by atoms with Gasteiger partial charge in [-0.15, -0.1) is 0 Å². The molecule has 1 heterocycles. The predicted molar refractivity (Wildman–Crippen MR) is 140 cm³/mol. The van der Waals surface area contributed by atoms with Gasteiger partial charge in [0.2, 0.25) is 5.79 Å². The van der Waals surface area contributed by atoms with Gasteiger partial charge in [-0.1, -0.05) is 41.5 Å². The van der Waals surface area contributed by atoms with E-state index < -0.39 is 22.4 Å². The maximum atomic E-state index is 13.2. The molecule has 1 atom stereocenters. The Hall–Kier alpha value is -0.876. The zero-order valence-corrected chi connectivity index (χ0v) is 25.9. The highest BCUT2D eigenvalue weighted by Crippen LogP contribution is 2.53. The van der Waals surface area contributed by atoms with Crippen molar-refractivity contribution in [2.75, 3.05) is 14.2 Å². The van der Waals surface area contributed by atoms with Crippen LogP contribution in [0.4, 0.5) is 0 Å². The lowest BCUT2D eigenvalue weighted by Crippen LogP contribution is -2.45. The summed E-state index contributed by atoms with van der Waals surface area (Å²) in [6.07, 6.45) is -0.0729. The number of carbonyl (C=O) groups excluding carboxylic acids is 1. The van der Waals surface area contributed by atoms with E-state index in [4.69, 9.17) is 23.1 Å². The summed E-state index contributed by atoms with van der Waals surface area (Å²) in [6.45, 7) is 21.6. The molecule has 0 fully saturated rings. The van der Waals surface area contributed by atoms with Crippen LogP contribution in [0, 0.1) is 0 Å². The number of fused-ring (bicyclic) bond motifs is 1. The fraction of sp³-hybridized carbons (Fsp3) is 0.708. The summed E-state index contributed by atoms with van der Waals surface area (Å²) in [6, 6.07) is 1.89. The topological polar surface area (TPSA) is 63.2 Å². The quantitative estimate of drug-likeness (QED) is 0.331. The van der Waals surface area contributed by atoms with E-state index in [0.29, 0.717) is 17.1 Å². The molecule has 0 bridgehead atoms. The Morgan fingerprint density at radius 1 is 1.06 bits per heavy atom. The fourth-order valence-corrected chi connectivity index (χ4v) is 5.79. The normalized spacial score (nSPS) is 19.3. The first-order chi connectivity index (χ1) is 14.8. The zero-order chi connectivity index (χ0) is 25.6. The SMILES string of the molecule is COc1cc(Br)c(O[Si](C)(C)C(C)(C)C)c2c1CO[C@]2(CC(=O)O[Si](C)(C)C(C)(C)C)OC. The molecule has 0 spiro atoms. The summed E-state index contributed by atoms with van der Waals surface area (Å²) in [4.78, 5) is 13.2. The summed E-state index contributed by atoms with van der Waals surface area (Å²) in [5, 5.41) is -0.115. The van der Waals surface area contributed by atoms with E-state index in [-0.39, 0.29) is 29.1 Å². The maximum Gasteiger partial charge on any atom is 0.298 e. The summed E-state index contributed by atoms with van der Waals surface area (Å²) in [5.41, 5.74) is 1.53. The van der Waals surface area contributed by atoms with Crippen molar-refractivity contribution in [2.24, 2.45) is 0 Å². The first-order valence-electron chi connectivity index (χ1n) is 11.3. The molecule has 1 aromatic carbocycles. The van der Waals surface area contributed by atoms with Crippen LogP contribution in [-0.2, 0) is 31.1 Å². The second-order valence-corrected chi connectivity index (χ2v) is 22.1. The van der Waals surface area contributed by atoms with Crippen molar-refractivity contribution >= 4 is 38.5 Å². The van der Waals surface area contributed by atoms with Gasteiger partial charge in [0.25, 0.3) is 22.6 Å². The molecule has 1 aliphatic heterocycles. The lowest BCUT2D eigenvalue weighted by Gasteiger charge is -2.39. The van der Waals surface area contributed by atoms with Gasteiger partial charge in [0, 0.05) is 12.7 Å². The first kappa shape index (κ1) is 28.4. The molecule has 1 aliphatic rings. The molecule has 6 nitrogen and oxygen atoms in total. The molecule has 9 heteroatoms. The van der Waals surface area contributed by atoms with Gasteiger partial charge in [0.15, 0.2) is 0 Å². The minimum atomic E-state index is -2.30. The minimum Gasteiger partial charge on any atom is -0.542 e. The van der Waals surface area contributed by atoms with Crippen molar-refractivity contribution in [3.05, 3.63) is 21.7 Å². The van der Waals surface area contributed by atoms with Gasteiger partial charge in [0.1, 0.15) is 17.9 Å². The first-order valence-corrected chi connectivity index (χ1v) is 17.9. The van der Waals surface area contributed by atoms with Crippen LogP contribution < -0.4 is 9.16 Å². The fourth-order valence-electron chi connectivity index (χ4n) is 3.18. The smallest absolute Gasteiger partial charge is 0.298 e. The van der Waals surface area contributed by atoms with Crippen molar-refractivity contribution in [1.29, 1.82) is 0 Å². The van der Waals surface area contributed by atoms with Gasteiger partial charge >= 0.3 is 0 Å². The van der Waals surface area contributed by atoms with Crippen molar-refractivity contribution < 1.29 is 27.9 Å². The molecule has 2 rings (SSSR count). The second-order valence-electron chi connectivity index (χ2n) is 11.8. The van der Waals surface area contributed by atoms with E-state index in [1.165, 1.54) is 0 Å². The van der Waals surface area contributed by atoms with Gasteiger partial charge in [-0.2, -0.15) is 0 Å². The molecule has 0 aliphatic carbocycles. The van der Waals surface area contributed by atoms with Crippen LogP contribution >= 0.6 is 15.9 Å². The van der Waals surface area contributed by atoms with Gasteiger partial charge in [0.05, 0.1) is 23.8 Å². The number of methoxy groups -OCH3 is 2. The van der Waals surface area contributed by atoms with Crippen LogP contribution in [0.15, 0.2) is 10.5 Å². The lowest BCUT2D eigenvalue weighted by atomic mass is 9.97. The van der Waals surface area contributed by atoms with Crippen LogP contribution in [0.25, 0.3) is 0 Å². The summed E-state index contributed by atoms with van der Waals surface area (Å²) in [5.74, 6) is -0.342. The van der Waals surface area contributed by atoms with Crippen LogP contribution in [0.3, 0.4) is 0 Å². The molecule has 33 heavy (non-hydrogen) atoms. The number of ether oxygens (including phenoxy) is 3. The Labute approximate surface area is 210 Å². The molecule has 1 aromatic rings. The van der Waals surface area contributed by atoms with E-state index >= 15 is 0 Å². The molecule has 0 radical (unpaired) electrons. The number of hydrogen-bond donors (Lipinski definition) is 0. The van der Waals surface area contributed by atoms with E-state index in [1.807, 2.05) is 6.07 Å².